The second-order valence-corrected chi connectivity index (χ2v) is 3.55. The number of nitrogens with one attached hydrogen (secondary N) is 2. The zero-order valence-corrected chi connectivity index (χ0v) is 10.5. The second-order valence-electron chi connectivity index (χ2n) is 3.55. The van der Waals surface area contributed by atoms with E-state index in [4.69, 9.17) is 10.6 Å². The number of ether oxygens (including phenoxy) is 1. The highest BCUT2D eigenvalue weighted by Crippen LogP contribution is 2.11. The van der Waals surface area contributed by atoms with E-state index in [9.17, 15) is 0 Å². The van der Waals surface area contributed by atoms with Gasteiger partial charge in [0.1, 0.15) is 0 Å². The Hall–Kier alpha value is -2.48. The zero-order chi connectivity index (χ0) is 13.5. The normalized spacial score (nSPS) is 10.0. The number of hydrogen-bond acceptors (Lipinski definition) is 8. The molecule has 0 aliphatic carbocycles. The van der Waals surface area contributed by atoms with Gasteiger partial charge in [-0.15, -0.1) is 0 Å². The van der Waals surface area contributed by atoms with Crippen molar-refractivity contribution in [1.82, 2.24) is 19.9 Å². The Kier molecular flexibility index (Phi) is 4.40. The van der Waals surface area contributed by atoms with Gasteiger partial charge in [0.05, 0.1) is 6.61 Å². The lowest BCUT2D eigenvalue weighted by Crippen LogP contribution is -2.14. The Morgan fingerprint density at radius 1 is 1.16 bits per heavy atom. The van der Waals surface area contributed by atoms with Crippen LogP contribution in [0, 0.1) is 0 Å². The third-order valence-electron chi connectivity index (χ3n) is 2.22. The van der Waals surface area contributed by atoms with Crippen molar-refractivity contribution >= 4 is 11.9 Å². The number of anilines is 2. The number of aromatic nitrogens is 4. The lowest BCUT2D eigenvalue weighted by atomic mass is 10.3. The van der Waals surface area contributed by atoms with Crippen LogP contribution in [0.1, 0.15) is 12.5 Å². The molecule has 2 heterocycles. The summed E-state index contributed by atoms with van der Waals surface area (Å²) in [6.07, 6.45) is 3.45. The average Bonchev–Trinajstić information content (AvgIpc) is 2.46. The minimum absolute atomic E-state index is 0.225. The van der Waals surface area contributed by atoms with Crippen molar-refractivity contribution in [2.45, 2.75) is 13.5 Å². The Labute approximate surface area is 110 Å². The average molecular weight is 261 g/mol. The van der Waals surface area contributed by atoms with E-state index >= 15 is 0 Å². The monoisotopic (exact) mass is 261 g/mol. The van der Waals surface area contributed by atoms with Crippen molar-refractivity contribution in [2.24, 2.45) is 5.84 Å². The maximum atomic E-state index is 5.30. The van der Waals surface area contributed by atoms with Crippen molar-refractivity contribution in [1.29, 1.82) is 0 Å². The van der Waals surface area contributed by atoms with Crippen LogP contribution in [0.3, 0.4) is 0 Å². The highest BCUT2D eigenvalue weighted by molar-refractivity contribution is 5.35. The number of nitrogen functional groups attached to an aromatic ring is 1. The van der Waals surface area contributed by atoms with Gasteiger partial charge in [-0.05, 0) is 24.6 Å². The number of hydrazine groups is 1. The van der Waals surface area contributed by atoms with Crippen molar-refractivity contribution in [3.05, 3.63) is 30.1 Å². The molecule has 2 rings (SSSR count). The summed E-state index contributed by atoms with van der Waals surface area (Å²) in [4.78, 5) is 16.1. The van der Waals surface area contributed by atoms with Gasteiger partial charge in [-0.1, -0.05) is 0 Å². The second kappa shape index (κ2) is 6.45. The van der Waals surface area contributed by atoms with Gasteiger partial charge in [-0.2, -0.15) is 15.0 Å². The molecule has 0 saturated heterocycles. The van der Waals surface area contributed by atoms with Gasteiger partial charge in [-0.3, -0.25) is 10.4 Å². The molecular formula is C11H15N7O. The fourth-order valence-corrected chi connectivity index (χ4v) is 1.38. The predicted molar refractivity (Wildman–Crippen MR) is 70.4 cm³/mol. The molecular weight excluding hydrogens is 246 g/mol. The summed E-state index contributed by atoms with van der Waals surface area (Å²) in [6, 6.07) is 4.03. The largest absolute Gasteiger partial charge is 0.464 e. The minimum Gasteiger partial charge on any atom is -0.464 e. The molecule has 0 bridgehead atoms. The van der Waals surface area contributed by atoms with Crippen LogP contribution in [0.15, 0.2) is 24.5 Å². The van der Waals surface area contributed by atoms with Gasteiger partial charge < -0.3 is 10.1 Å². The number of nitrogens with zero attached hydrogens (tertiary/aromatic N) is 4. The van der Waals surface area contributed by atoms with Gasteiger partial charge in [0.15, 0.2) is 0 Å². The Balaban J connectivity index is 2.08. The van der Waals surface area contributed by atoms with Gasteiger partial charge >= 0.3 is 6.01 Å². The van der Waals surface area contributed by atoms with E-state index in [0.29, 0.717) is 19.1 Å². The van der Waals surface area contributed by atoms with Crippen molar-refractivity contribution in [3.8, 4) is 6.01 Å². The molecule has 2 aromatic heterocycles. The van der Waals surface area contributed by atoms with E-state index in [1.54, 1.807) is 12.4 Å². The molecule has 0 radical (unpaired) electrons. The van der Waals surface area contributed by atoms with Crippen LogP contribution < -0.4 is 21.3 Å². The Morgan fingerprint density at radius 3 is 2.58 bits per heavy atom. The third kappa shape index (κ3) is 3.75. The molecule has 19 heavy (non-hydrogen) atoms. The first-order valence-electron chi connectivity index (χ1n) is 5.80. The predicted octanol–water partition coefficient (Wildman–Crippen LogP) is 0.563. The molecule has 0 atom stereocenters. The van der Waals surface area contributed by atoms with Crippen LogP contribution in [-0.2, 0) is 6.54 Å². The van der Waals surface area contributed by atoms with E-state index in [1.807, 2.05) is 19.1 Å². The molecule has 0 aromatic carbocycles. The van der Waals surface area contributed by atoms with Gasteiger partial charge in [0.2, 0.25) is 11.9 Å². The summed E-state index contributed by atoms with van der Waals surface area (Å²) in [6.45, 7) is 2.89. The summed E-state index contributed by atoms with van der Waals surface area (Å²) in [5.74, 6) is 5.93. The SMILES string of the molecule is CCOc1nc(NN)nc(NCc2ccncc2)n1. The molecule has 100 valence electrons. The fourth-order valence-electron chi connectivity index (χ4n) is 1.38. The highest BCUT2D eigenvalue weighted by atomic mass is 16.5. The molecule has 0 unspecified atom stereocenters. The molecule has 0 saturated carbocycles. The van der Waals surface area contributed by atoms with E-state index in [0.717, 1.165) is 5.56 Å². The third-order valence-corrected chi connectivity index (χ3v) is 2.22. The summed E-state index contributed by atoms with van der Waals surface area (Å²) >= 11 is 0. The van der Waals surface area contributed by atoms with Crippen molar-refractivity contribution in [2.75, 3.05) is 17.3 Å². The van der Waals surface area contributed by atoms with E-state index in [2.05, 4.69) is 30.7 Å². The summed E-state index contributed by atoms with van der Waals surface area (Å²) in [7, 11) is 0. The van der Waals surface area contributed by atoms with Crippen LogP contribution in [0.4, 0.5) is 11.9 Å². The standard InChI is InChI=1S/C11H15N7O/c1-2-19-11-16-9(15-10(17-11)18-12)14-7-8-3-5-13-6-4-8/h3-6H,2,7,12H2,1H3,(H2,14,15,16,17,18). The van der Waals surface area contributed by atoms with Crippen LogP contribution in [0.5, 0.6) is 6.01 Å². The summed E-state index contributed by atoms with van der Waals surface area (Å²) in [5.41, 5.74) is 3.44. The molecule has 8 heteroatoms. The molecule has 8 nitrogen and oxygen atoms in total. The van der Waals surface area contributed by atoms with Gasteiger partial charge in [0.25, 0.3) is 0 Å². The molecule has 0 spiro atoms. The van der Waals surface area contributed by atoms with E-state index in [-0.39, 0.29) is 12.0 Å². The molecule has 0 aliphatic heterocycles. The molecule has 0 aliphatic rings. The number of nitrogens with two attached hydrogens (primary N) is 1. The first kappa shape index (κ1) is 13.0. The molecule has 4 N–H and O–H groups in total. The number of rotatable bonds is 6. The molecule has 0 amide bonds. The van der Waals surface area contributed by atoms with Crippen LogP contribution in [0.2, 0.25) is 0 Å². The lowest BCUT2D eigenvalue weighted by Gasteiger charge is -2.08. The Morgan fingerprint density at radius 2 is 1.89 bits per heavy atom. The smallest absolute Gasteiger partial charge is 0.323 e. The first-order chi connectivity index (χ1) is 9.31. The Bertz CT molecular complexity index is 520. The lowest BCUT2D eigenvalue weighted by molar-refractivity contribution is 0.312. The minimum atomic E-state index is 0.225. The van der Waals surface area contributed by atoms with Crippen LogP contribution >= 0.6 is 0 Å². The maximum Gasteiger partial charge on any atom is 0.323 e. The van der Waals surface area contributed by atoms with Crippen molar-refractivity contribution in [3.63, 3.8) is 0 Å². The number of pyridine rings is 1. The highest BCUT2D eigenvalue weighted by Gasteiger charge is 2.06. The number of hydrogen-bond donors (Lipinski definition) is 3. The molecule has 2 aromatic rings. The van der Waals surface area contributed by atoms with Crippen LogP contribution in [-0.4, -0.2) is 26.5 Å². The van der Waals surface area contributed by atoms with E-state index in [1.165, 1.54) is 0 Å². The van der Waals surface area contributed by atoms with Crippen LogP contribution in [0.25, 0.3) is 0 Å². The maximum absolute atomic E-state index is 5.30. The quantitative estimate of drug-likeness (QED) is 0.511. The van der Waals surface area contributed by atoms with Gasteiger partial charge in [0, 0.05) is 18.9 Å². The summed E-state index contributed by atoms with van der Waals surface area (Å²) < 4.78 is 5.23. The first-order valence-corrected chi connectivity index (χ1v) is 5.80. The topological polar surface area (TPSA) is 111 Å². The van der Waals surface area contributed by atoms with E-state index < -0.39 is 0 Å². The van der Waals surface area contributed by atoms with Crippen molar-refractivity contribution < 1.29 is 4.74 Å². The fraction of sp³-hybridized carbons (Fsp3) is 0.273. The molecule has 0 fully saturated rings. The summed E-state index contributed by atoms with van der Waals surface area (Å²) in [5, 5.41) is 3.07. The van der Waals surface area contributed by atoms with Gasteiger partial charge in [-0.25, -0.2) is 5.84 Å². The zero-order valence-electron chi connectivity index (χ0n) is 10.5.